The summed E-state index contributed by atoms with van der Waals surface area (Å²) in [6.07, 6.45) is 0.482. The van der Waals surface area contributed by atoms with Gasteiger partial charge in [0.25, 0.3) is 5.92 Å². The van der Waals surface area contributed by atoms with Crippen molar-refractivity contribution in [2.75, 3.05) is 6.54 Å². The quantitative estimate of drug-likeness (QED) is 0.730. The predicted molar refractivity (Wildman–Crippen MR) is 81.9 cm³/mol. The third kappa shape index (κ3) is 1.66. The molecule has 1 aromatic rings. The van der Waals surface area contributed by atoms with E-state index in [-0.39, 0.29) is 23.6 Å². The number of carbonyl (C=O) groups excluding carboxylic acids is 2. The smallest absolute Gasteiger partial charge is 0.414 e. The molecule has 1 aliphatic heterocycles. The van der Waals surface area contributed by atoms with E-state index in [4.69, 9.17) is 4.74 Å². The molecule has 1 amide bonds. The monoisotopic (exact) mass is 333 g/mol. The van der Waals surface area contributed by atoms with Gasteiger partial charge in [-0.1, -0.05) is 24.3 Å². The minimum absolute atomic E-state index is 0.0652. The summed E-state index contributed by atoms with van der Waals surface area (Å²) in [6.45, 7) is 4.99. The van der Waals surface area contributed by atoms with Crippen LogP contribution in [0.25, 0.3) is 0 Å². The van der Waals surface area contributed by atoms with Crippen molar-refractivity contribution in [3.05, 3.63) is 47.2 Å². The lowest BCUT2D eigenvalue weighted by atomic mass is 9.81. The Balaban J connectivity index is 1.81. The SMILES string of the molecule is CC(C)(C)OC(=O)N1CC2C(F)(F)C23C1=CC(=O)c1ccccc13. The zero-order chi connectivity index (χ0) is 17.5. The van der Waals surface area contributed by atoms with Gasteiger partial charge in [0.05, 0.1) is 5.92 Å². The summed E-state index contributed by atoms with van der Waals surface area (Å²) in [5.41, 5.74) is -1.65. The van der Waals surface area contributed by atoms with Crippen molar-refractivity contribution < 1.29 is 23.1 Å². The molecule has 1 heterocycles. The van der Waals surface area contributed by atoms with Gasteiger partial charge in [-0.2, -0.15) is 0 Å². The maximum absolute atomic E-state index is 14.6. The van der Waals surface area contributed by atoms with Crippen LogP contribution in [0.15, 0.2) is 36.0 Å². The minimum atomic E-state index is -2.96. The lowest BCUT2D eigenvalue weighted by Gasteiger charge is -2.32. The van der Waals surface area contributed by atoms with Gasteiger partial charge in [0.2, 0.25) is 0 Å². The molecule has 2 aliphatic carbocycles. The molecule has 1 saturated heterocycles. The van der Waals surface area contributed by atoms with Crippen molar-refractivity contribution in [1.82, 2.24) is 4.90 Å². The fourth-order valence-electron chi connectivity index (χ4n) is 4.00. The molecule has 24 heavy (non-hydrogen) atoms. The molecule has 1 spiro atoms. The summed E-state index contributed by atoms with van der Waals surface area (Å²) in [5, 5.41) is 0. The van der Waals surface area contributed by atoms with E-state index >= 15 is 0 Å². The van der Waals surface area contributed by atoms with Gasteiger partial charge >= 0.3 is 6.09 Å². The van der Waals surface area contributed by atoms with Gasteiger partial charge in [-0.25, -0.2) is 13.6 Å². The van der Waals surface area contributed by atoms with Crippen molar-refractivity contribution in [2.45, 2.75) is 37.7 Å². The normalized spacial score (nSPS) is 29.4. The highest BCUT2D eigenvalue weighted by atomic mass is 19.3. The van der Waals surface area contributed by atoms with Crippen LogP contribution in [0.4, 0.5) is 13.6 Å². The summed E-state index contributed by atoms with van der Waals surface area (Å²) < 4.78 is 34.6. The first-order valence-electron chi connectivity index (χ1n) is 7.85. The second-order valence-corrected chi connectivity index (χ2v) is 7.51. The van der Waals surface area contributed by atoms with Gasteiger partial charge in [-0.3, -0.25) is 9.69 Å². The zero-order valence-corrected chi connectivity index (χ0v) is 13.6. The number of fused-ring (bicyclic) bond motifs is 1. The van der Waals surface area contributed by atoms with Crippen LogP contribution in [-0.4, -0.2) is 34.8 Å². The third-order valence-electron chi connectivity index (χ3n) is 4.96. The number of hydrogen-bond acceptors (Lipinski definition) is 3. The van der Waals surface area contributed by atoms with E-state index in [0.717, 1.165) is 0 Å². The molecule has 1 saturated carbocycles. The number of piperidine rings is 1. The van der Waals surface area contributed by atoms with E-state index < -0.39 is 28.9 Å². The molecule has 2 unspecified atom stereocenters. The Labute approximate surface area is 138 Å². The number of carbonyl (C=O) groups is 2. The van der Waals surface area contributed by atoms with Crippen LogP contribution in [-0.2, 0) is 10.2 Å². The summed E-state index contributed by atoms with van der Waals surface area (Å²) in [5.74, 6) is -4.34. The Morgan fingerprint density at radius 3 is 2.62 bits per heavy atom. The first-order valence-corrected chi connectivity index (χ1v) is 7.85. The number of allylic oxidation sites excluding steroid dienone is 2. The summed E-state index contributed by atoms with van der Waals surface area (Å²) in [4.78, 5) is 26.0. The number of ketones is 1. The van der Waals surface area contributed by atoms with E-state index in [1.54, 1.807) is 45.0 Å². The molecule has 0 aromatic heterocycles. The topological polar surface area (TPSA) is 46.6 Å². The number of rotatable bonds is 0. The van der Waals surface area contributed by atoms with Crippen LogP contribution < -0.4 is 0 Å². The molecule has 1 aromatic carbocycles. The Hall–Kier alpha value is -2.24. The number of ether oxygens (including phenoxy) is 1. The van der Waals surface area contributed by atoms with Gasteiger partial charge in [0, 0.05) is 23.9 Å². The first-order chi connectivity index (χ1) is 11.1. The predicted octanol–water partition coefficient (Wildman–Crippen LogP) is 3.52. The highest BCUT2D eigenvalue weighted by molar-refractivity contribution is 6.09. The van der Waals surface area contributed by atoms with Crippen LogP contribution in [0.3, 0.4) is 0 Å². The van der Waals surface area contributed by atoms with Crippen molar-refractivity contribution in [2.24, 2.45) is 5.92 Å². The lowest BCUT2D eigenvalue weighted by Crippen LogP contribution is -2.41. The Morgan fingerprint density at radius 1 is 1.29 bits per heavy atom. The molecule has 0 N–H and O–H groups in total. The highest BCUT2D eigenvalue weighted by Crippen LogP contribution is 2.75. The van der Waals surface area contributed by atoms with Gasteiger partial charge in [0.1, 0.15) is 11.0 Å². The molecule has 126 valence electrons. The van der Waals surface area contributed by atoms with Crippen molar-refractivity contribution in [3.63, 3.8) is 0 Å². The van der Waals surface area contributed by atoms with Crippen LogP contribution >= 0.6 is 0 Å². The minimum Gasteiger partial charge on any atom is -0.443 e. The molecule has 6 heteroatoms. The van der Waals surface area contributed by atoms with Gasteiger partial charge in [-0.15, -0.1) is 0 Å². The fourth-order valence-corrected chi connectivity index (χ4v) is 4.00. The second-order valence-electron chi connectivity index (χ2n) is 7.51. The average Bonchev–Trinajstić information content (AvgIpc) is 2.77. The maximum atomic E-state index is 14.6. The maximum Gasteiger partial charge on any atom is 0.414 e. The van der Waals surface area contributed by atoms with E-state index in [9.17, 15) is 18.4 Å². The molecule has 0 bridgehead atoms. The number of alkyl halides is 2. The van der Waals surface area contributed by atoms with Crippen molar-refractivity contribution in [1.29, 1.82) is 0 Å². The van der Waals surface area contributed by atoms with Crippen molar-refractivity contribution >= 4 is 11.9 Å². The van der Waals surface area contributed by atoms with Gasteiger partial charge in [0.15, 0.2) is 5.78 Å². The van der Waals surface area contributed by atoms with Gasteiger partial charge in [-0.05, 0) is 26.3 Å². The van der Waals surface area contributed by atoms with Gasteiger partial charge < -0.3 is 4.74 Å². The lowest BCUT2D eigenvalue weighted by molar-refractivity contribution is 0.0190. The summed E-state index contributed by atoms with van der Waals surface area (Å²) >= 11 is 0. The molecule has 0 radical (unpaired) electrons. The molecule has 4 rings (SSSR count). The fraction of sp³-hybridized carbons (Fsp3) is 0.444. The van der Waals surface area contributed by atoms with Crippen molar-refractivity contribution in [3.8, 4) is 0 Å². The van der Waals surface area contributed by atoms with Crippen LogP contribution in [0.1, 0.15) is 36.7 Å². The number of likely N-dealkylation sites (tertiary alicyclic amines) is 1. The molecule has 2 fully saturated rings. The number of halogens is 2. The zero-order valence-electron chi connectivity index (χ0n) is 13.6. The summed E-state index contributed by atoms with van der Waals surface area (Å²) in [6, 6.07) is 6.42. The molecule has 2 atom stereocenters. The number of nitrogens with zero attached hydrogens (tertiary/aromatic N) is 1. The highest BCUT2D eigenvalue weighted by Gasteiger charge is 2.88. The van der Waals surface area contributed by atoms with E-state index in [1.165, 1.54) is 11.0 Å². The standard InChI is InChI=1S/C18H17F2NO3/c1-16(2,3)24-15(23)21-9-13-17(18(13,19)20)11-7-5-4-6-10(11)12(22)8-14(17)21/h4-8,13H,9H2,1-3H3. The Kier molecular flexibility index (Phi) is 2.70. The molecule has 4 nitrogen and oxygen atoms in total. The van der Waals surface area contributed by atoms with Crippen LogP contribution in [0.5, 0.6) is 0 Å². The molecule has 3 aliphatic rings. The summed E-state index contributed by atoms with van der Waals surface area (Å²) in [7, 11) is 0. The van der Waals surface area contributed by atoms with E-state index in [2.05, 4.69) is 0 Å². The second kappa shape index (κ2) is 4.23. The molecular weight excluding hydrogens is 316 g/mol. The molecular formula is C18H17F2NO3. The van der Waals surface area contributed by atoms with Crippen LogP contribution in [0.2, 0.25) is 0 Å². The number of benzene rings is 1. The van der Waals surface area contributed by atoms with E-state index in [0.29, 0.717) is 5.56 Å². The average molecular weight is 333 g/mol. The third-order valence-corrected chi connectivity index (χ3v) is 4.96. The first kappa shape index (κ1) is 15.3. The Bertz CT molecular complexity index is 809. The van der Waals surface area contributed by atoms with E-state index in [1.807, 2.05) is 0 Å². The number of hydrogen-bond donors (Lipinski definition) is 0. The Morgan fingerprint density at radius 2 is 1.96 bits per heavy atom. The van der Waals surface area contributed by atoms with Crippen LogP contribution in [0, 0.1) is 5.92 Å². The largest absolute Gasteiger partial charge is 0.443 e. The number of amides is 1.